The maximum atomic E-state index is 14.4. The minimum atomic E-state index is -1.13. The Bertz CT molecular complexity index is 1950. The number of primary amides is 1. The third-order valence-corrected chi connectivity index (χ3v) is 10.7. The van der Waals surface area contributed by atoms with Gasteiger partial charge in [0.1, 0.15) is 29.9 Å². The summed E-state index contributed by atoms with van der Waals surface area (Å²) < 4.78 is 0. The van der Waals surface area contributed by atoms with Gasteiger partial charge in [0.2, 0.25) is 29.5 Å². The van der Waals surface area contributed by atoms with Gasteiger partial charge < -0.3 is 42.4 Å². The lowest BCUT2D eigenvalue weighted by Crippen LogP contribution is -2.59. The predicted molar refractivity (Wildman–Crippen MR) is 220 cm³/mol. The minimum Gasteiger partial charge on any atom is -0.508 e. The summed E-state index contributed by atoms with van der Waals surface area (Å²) in [6, 6.07) is 18.2. The van der Waals surface area contributed by atoms with Crippen LogP contribution in [0.25, 0.3) is 10.9 Å². The fraction of sp³-hybridized carbons (Fsp3) is 0.432. The van der Waals surface area contributed by atoms with Gasteiger partial charge in [-0.15, -0.1) is 0 Å². The topological polar surface area (TPSA) is 213 Å². The van der Waals surface area contributed by atoms with E-state index in [9.17, 15) is 29.1 Å². The molecule has 4 aromatic rings. The Morgan fingerprint density at radius 1 is 0.772 bits per heavy atom. The molecule has 9 N–H and O–H groups in total. The van der Waals surface area contributed by atoms with Gasteiger partial charge in [-0.25, -0.2) is 0 Å². The molecule has 5 amide bonds. The van der Waals surface area contributed by atoms with Crippen molar-refractivity contribution in [3.8, 4) is 5.75 Å². The first-order valence-corrected chi connectivity index (χ1v) is 20.2. The fourth-order valence-corrected chi connectivity index (χ4v) is 7.47. The normalized spacial score (nSPS) is 16.0. The van der Waals surface area contributed by atoms with Crippen LogP contribution in [0, 0.1) is 0 Å². The molecule has 13 nitrogen and oxygen atoms in total. The first kappa shape index (κ1) is 42.5. The highest BCUT2D eigenvalue weighted by atomic mass is 16.3. The monoisotopic (exact) mass is 779 g/mol. The van der Waals surface area contributed by atoms with E-state index in [0.29, 0.717) is 24.8 Å². The Kier molecular flexibility index (Phi) is 15.6. The summed E-state index contributed by atoms with van der Waals surface area (Å²) in [7, 11) is 0. The molecule has 0 spiro atoms. The van der Waals surface area contributed by atoms with Crippen LogP contribution in [-0.2, 0) is 43.2 Å². The third-order valence-electron chi connectivity index (χ3n) is 10.7. The summed E-state index contributed by atoms with van der Waals surface area (Å²) in [5.74, 6) is -2.68. The fourth-order valence-electron chi connectivity index (χ4n) is 7.47. The van der Waals surface area contributed by atoms with Crippen molar-refractivity contribution in [3.05, 3.63) is 102 Å². The van der Waals surface area contributed by atoms with Gasteiger partial charge in [-0.05, 0) is 54.2 Å². The molecule has 1 aromatic heterocycles. The first-order chi connectivity index (χ1) is 27.5. The van der Waals surface area contributed by atoms with Gasteiger partial charge in [-0.1, -0.05) is 106 Å². The van der Waals surface area contributed by atoms with Crippen molar-refractivity contribution in [2.75, 3.05) is 6.54 Å². The molecule has 1 unspecified atom stereocenters. The number of aromatic nitrogens is 1. The Morgan fingerprint density at radius 2 is 1.42 bits per heavy atom. The van der Waals surface area contributed by atoms with Crippen LogP contribution in [0.2, 0.25) is 0 Å². The largest absolute Gasteiger partial charge is 0.508 e. The van der Waals surface area contributed by atoms with Crippen molar-refractivity contribution in [1.82, 2.24) is 25.8 Å². The first-order valence-electron chi connectivity index (χ1n) is 20.2. The minimum absolute atomic E-state index is 0.0661. The highest BCUT2D eigenvalue weighted by Crippen LogP contribution is 2.23. The van der Waals surface area contributed by atoms with Crippen LogP contribution in [0.3, 0.4) is 0 Å². The summed E-state index contributed by atoms with van der Waals surface area (Å²) in [6.07, 6.45) is 9.80. The van der Waals surface area contributed by atoms with Gasteiger partial charge in [0.15, 0.2) is 0 Å². The van der Waals surface area contributed by atoms with Gasteiger partial charge in [0, 0.05) is 42.9 Å². The molecule has 1 aliphatic heterocycles. The van der Waals surface area contributed by atoms with E-state index in [4.69, 9.17) is 11.5 Å². The van der Waals surface area contributed by atoms with Gasteiger partial charge in [-0.3, -0.25) is 24.0 Å². The summed E-state index contributed by atoms with van der Waals surface area (Å²) in [4.78, 5) is 73.3. The van der Waals surface area contributed by atoms with Gasteiger partial charge in [-0.2, -0.15) is 0 Å². The molecule has 0 bridgehead atoms. The molecule has 304 valence electrons. The number of nitrogens with one attached hydrogen (secondary N) is 4. The standard InChI is InChI=1S/C44H57N7O6/c1-2-3-4-5-6-10-17-34(45)41(54)50-38(26-30-20-22-32(52)23-21-30)44(57)51-24-13-19-39(51)43(56)49-37(27-31-28-47-35-18-12-11-16-33(31)35)42(55)48-36(40(46)53)25-29-14-8-7-9-15-29/h7-9,11-12,14-16,18,20-23,28,34,36-39,47,52H,2-6,10,13,17,19,24-27,45H2,1H3,(H2,46,53)(H,48,55)(H,49,56)(H,50,54)/t34?,36-,37-,38-,39-/m0/s1. The molecule has 1 fully saturated rings. The lowest BCUT2D eigenvalue weighted by atomic mass is 10.0. The van der Waals surface area contributed by atoms with Crippen molar-refractivity contribution < 1.29 is 29.1 Å². The van der Waals surface area contributed by atoms with Gasteiger partial charge in [0.05, 0.1) is 6.04 Å². The summed E-state index contributed by atoms with van der Waals surface area (Å²) >= 11 is 0. The number of H-pyrrole nitrogens is 1. The van der Waals surface area contributed by atoms with E-state index in [1.54, 1.807) is 18.3 Å². The van der Waals surface area contributed by atoms with E-state index in [1.807, 2.05) is 54.6 Å². The van der Waals surface area contributed by atoms with E-state index in [0.717, 1.165) is 54.1 Å². The molecular weight excluding hydrogens is 723 g/mol. The number of rotatable bonds is 21. The Labute approximate surface area is 334 Å². The van der Waals surface area contributed by atoms with E-state index >= 15 is 0 Å². The number of likely N-dealkylation sites (tertiary alicyclic amines) is 1. The number of hydrogen-bond donors (Lipinski definition) is 7. The number of para-hydroxylation sites is 1. The van der Waals surface area contributed by atoms with Crippen LogP contribution in [0.15, 0.2) is 85.1 Å². The molecule has 5 atom stereocenters. The molecule has 57 heavy (non-hydrogen) atoms. The number of unbranched alkanes of at least 4 members (excludes halogenated alkanes) is 5. The number of amides is 5. The summed E-state index contributed by atoms with van der Waals surface area (Å²) in [6.45, 7) is 2.42. The van der Waals surface area contributed by atoms with E-state index < -0.39 is 59.7 Å². The van der Waals surface area contributed by atoms with Gasteiger partial charge >= 0.3 is 0 Å². The number of carbonyl (C=O) groups excluding carboxylic acids is 5. The van der Waals surface area contributed by atoms with Crippen LogP contribution in [0.5, 0.6) is 5.75 Å². The molecule has 0 saturated carbocycles. The van der Waals surface area contributed by atoms with Crippen LogP contribution >= 0.6 is 0 Å². The SMILES string of the molecule is CCCCCCCCC(N)C(=O)N[C@@H](Cc1ccc(O)cc1)C(=O)N1CCC[C@H]1C(=O)N[C@@H](Cc1c[nH]c2ccccc12)C(=O)N[C@@H](Cc1ccccc1)C(N)=O. The highest BCUT2D eigenvalue weighted by molar-refractivity contribution is 5.96. The van der Waals surface area contributed by atoms with Crippen LogP contribution in [0.1, 0.15) is 81.4 Å². The predicted octanol–water partition coefficient (Wildman–Crippen LogP) is 3.91. The van der Waals surface area contributed by atoms with Crippen LogP contribution in [-0.4, -0.2) is 81.3 Å². The average Bonchev–Trinajstić information content (AvgIpc) is 3.87. The average molecular weight is 780 g/mol. The number of nitrogens with zero attached hydrogens (tertiary/aromatic N) is 1. The lowest BCUT2D eigenvalue weighted by Gasteiger charge is -2.30. The zero-order valence-electron chi connectivity index (χ0n) is 32.8. The third kappa shape index (κ3) is 12.1. The zero-order valence-corrected chi connectivity index (χ0v) is 32.8. The van der Waals surface area contributed by atoms with Crippen LogP contribution in [0.4, 0.5) is 0 Å². The summed E-state index contributed by atoms with van der Waals surface area (Å²) in [5.41, 5.74) is 15.2. The Morgan fingerprint density at radius 3 is 2.16 bits per heavy atom. The van der Waals surface area contributed by atoms with Crippen molar-refractivity contribution >= 4 is 40.4 Å². The van der Waals surface area contributed by atoms with E-state index in [1.165, 1.54) is 23.5 Å². The van der Waals surface area contributed by atoms with Crippen molar-refractivity contribution in [1.29, 1.82) is 0 Å². The van der Waals surface area contributed by atoms with E-state index in [2.05, 4.69) is 27.9 Å². The molecule has 0 radical (unpaired) electrons. The second-order valence-corrected chi connectivity index (χ2v) is 15.1. The smallest absolute Gasteiger partial charge is 0.246 e. The second kappa shape index (κ2) is 21.0. The highest BCUT2D eigenvalue weighted by Gasteiger charge is 2.39. The number of hydrogen-bond acceptors (Lipinski definition) is 7. The van der Waals surface area contributed by atoms with E-state index in [-0.39, 0.29) is 31.6 Å². The molecular formula is C44H57N7O6. The molecule has 13 heteroatoms. The number of carbonyl (C=O) groups is 5. The van der Waals surface area contributed by atoms with Crippen molar-refractivity contribution in [3.63, 3.8) is 0 Å². The maximum Gasteiger partial charge on any atom is 0.246 e. The molecule has 1 saturated heterocycles. The molecule has 0 aliphatic carbocycles. The quantitative estimate of drug-likeness (QED) is 0.0619. The molecule has 1 aliphatic rings. The Balaban J connectivity index is 1.33. The van der Waals surface area contributed by atoms with Crippen molar-refractivity contribution in [2.45, 2.75) is 114 Å². The lowest BCUT2D eigenvalue weighted by molar-refractivity contribution is -0.142. The Hall–Kier alpha value is -5.69. The number of phenolic OH excluding ortho intramolecular Hbond substituents is 1. The maximum absolute atomic E-state index is 14.4. The van der Waals surface area contributed by atoms with Crippen LogP contribution < -0.4 is 27.4 Å². The molecule has 2 heterocycles. The molecule has 3 aromatic carbocycles. The zero-order chi connectivity index (χ0) is 40.7. The number of nitrogens with two attached hydrogens (primary N) is 2. The van der Waals surface area contributed by atoms with Crippen molar-refractivity contribution in [2.24, 2.45) is 11.5 Å². The number of benzene rings is 3. The number of fused-ring (bicyclic) bond motifs is 1. The van der Waals surface area contributed by atoms with Gasteiger partial charge in [0.25, 0.3) is 0 Å². The number of aromatic amines is 1. The number of aromatic hydroxyl groups is 1. The molecule has 5 rings (SSSR count). The second-order valence-electron chi connectivity index (χ2n) is 15.1. The number of phenols is 1. The summed E-state index contributed by atoms with van der Waals surface area (Å²) in [5, 5.41) is 19.3.